The van der Waals surface area contributed by atoms with Gasteiger partial charge in [-0.25, -0.2) is 4.79 Å². The number of carbonyl (C=O) groups is 1. The number of esters is 1. The Labute approximate surface area is 352 Å². The summed E-state index contributed by atoms with van der Waals surface area (Å²) in [5.41, 5.74) is -0.356. The summed E-state index contributed by atoms with van der Waals surface area (Å²) in [6.07, 6.45) is 0.199. The summed E-state index contributed by atoms with van der Waals surface area (Å²) in [5.74, 6) is -3.86. The first-order valence-corrected chi connectivity index (χ1v) is 22.4. The maximum absolute atomic E-state index is 15.0. The van der Waals surface area contributed by atoms with Crippen molar-refractivity contribution in [1.82, 2.24) is 10.3 Å². The number of hydrogen-bond donors (Lipinski definition) is 8. The third kappa shape index (κ3) is 4.70. The Morgan fingerprint density at radius 1 is 0.918 bits per heavy atom. The maximum atomic E-state index is 15.0. The molecule has 12 nitrogen and oxygen atoms in total. The topological polar surface area (TPSA) is 194 Å². The lowest BCUT2D eigenvalue weighted by molar-refractivity contribution is -0.372. The zero-order valence-electron chi connectivity index (χ0n) is 34.2. The molecular formula is C49H54N2O10. The average Bonchev–Trinajstić information content (AvgIpc) is 3.98. The highest BCUT2D eigenvalue weighted by Gasteiger charge is 2.83. The molecule has 8 N–H and O–H groups in total. The van der Waals surface area contributed by atoms with Crippen molar-refractivity contribution in [3.63, 3.8) is 0 Å². The largest absolute Gasteiger partial charge is 0.508 e. The summed E-state index contributed by atoms with van der Waals surface area (Å²) < 4.78 is 20.0. The molecule has 14 atom stereocenters. The van der Waals surface area contributed by atoms with Gasteiger partial charge in [-0.05, 0) is 152 Å². The highest BCUT2D eigenvalue weighted by molar-refractivity contribution is 6.14. The summed E-state index contributed by atoms with van der Waals surface area (Å²) >= 11 is 0. The highest BCUT2D eigenvalue weighted by Crippen LogP contribution is 2.76. The monoisotopic (exact) mass is 830 g/mol. The van der Waals surface area contributed by atoms with Crippen molar-refractivity contribution in [1.29, 1.82) is 0 Å². The number of aryl methyl sites for hydroxylation is 1. The van der Waals surface area contributed by atoms with Crippen molar-refractivity contribution in [3.8, 4) is 11.5 Å². The van der Waals surface area contributed by atoms with Crippen LogP contribution in [0.3, 0.4) is 0 Å². The van der Waals surface area contributed by atoms with Crippen LogP contribution in [0.2, 0.25) is 0 Å². The summed E-state index contributed by atoms with van der Waals surface area (Å²) in [7, 11) is 1.89. The van der Waals surface area contributed by atoms with Gasteiger partial charge in [-0.3, -0.25) is 0 Å². The Morgan fingerprint density at radius 3 is 2.49 bits per heavy atom. The SMILES string of the molecule is CNC[C@@H]1C[C@@H]2[C@H]3CC[C@@H](O)[C@]4(O)O[C@@H](C(=O)Oc5c(CO)[nH]c6ccc7cc8ccccc8cc7c56)[C@H](O[C@@H]2[C@@]2(CC[C@@H]5CC[C@H]6CCc7cc(O)ccc7[C@]652)[C@@H]1O)[C@]34O. The van der Waals surface area contributed by atoms with E-state index in [0.717, 1.165) is 59.2 Å². The predicted molar refractivity (Wildman–Crippen MR) is 225 cm³/mol. The first-order chi connectivity index (χ1) is 29.5. The minimum Gasteiger partial charge on any atom is -0.508 e. The molecule has 2 spiro atoms. The molecule has 5 aromatic rings. The second-order valence-electron chi connectivity index (χ2n) is 19.6. The van der Waals surface area contributed by atoms with Crippen molar-refractivity contribution < 1.29 is 49.6 Å². The number of aliphatic hydroxyl groups excluding tert-OH is 3. The number of hydrogen-bond acceptors (Lipinski definition) is 11. The van der Waals surface area contributed by atoms with Gasteiger partial charge in [0.05, 0.1) is 35.4 Å². The standard InChI is InChI=1S/C49H54N2O10/c1-50-22-28-21-33-35-13-15-38(54)49(58)48(35,57)44(60-43(33)46(42(28)55)17-16-30-10-9-29-8-6-27-19-31(53)11-12-34(27)47(29,30)46)41(61-49)45(56)59-40-37(23-52)51-36-14-7-26-18-24-4-2-3-5-25(24)20-32(26)39(36)40/h2-5,7,11-12,14,18-20,28-30,33,35,38,41-44,50-55,57-58H,6,8-10,13,15-17,21-23H2,1H3/t28-,29+,30-,33+,35+,38+,41+,42+,43-,44-,46+,47-,48+,49-/m0/s1. The summed E-state index contributed by atoms with van der Waals surface area (Å²) in [6, 6.07) is 21.7. The Hall–Kier alpha value is -4.11. The van der Waals surface area contributed by atoms with Crippen LogP contribution in [-0.4, -0.2) is 97.1 Å². The van der Waals surface area contributed by atoms with Gasteiger partial charge in [0.15, 0.2) is 17.5 Å². The number of ether oxygens (including phenoxy) is 3. The summed E-state index contributed by atoms with van der Waals surface area (Å²) in [6.45, 7) is 0.0727. The van der Waals surface area contributed by atoms with Gasteiger partial charge in [0, 0.05) is 23.3 Å². The number of aromatic hydroxyl groups is 1. The zero-order valence-corrected chi connectivity index (χ0v) is 34.2. The number of aliphatic hydroxyl groups is 5. The molecule has 320 valence electrons. The molecule has 2 saturated heterocycles. The Bertz CT molecular complexity index is 2630. The van der Waals surface area contributed by atoms with Gasteiger partial charge >= 0.3 is 5.97 Å². The number of nitrogens with one attached hydrogen (secondary N) is 2. The fraction of sp³-hybridized carbons (Fsp3) is 0.531. The van der Waals surface area contributed by atoms with E-state index in [4.69, 9.17) is 14.2 Å². The minimum atomic E-state index is -2.55. The third-order valence-electron chi connectivity index (χ3n) is 17.5. The molecule has 4 aromatic carbocycles. The fourth-order valence-corrected chi connectivity index (χ4v) is 15.4. The van der Waals surface area contributed by atoms with Crippen LogP contribution in [0.25, 0.3) is 32.4 Å². The molecule has 12 heteroatoms. The van der Waals surface area contributed by atoms with E-state index in [1.165, 1.54) is 5.56 Å². The van der Waals surface area contributed by atoms with Crippen LogP contribution in [0.15, 0.2) is 66.7 Å². The van der Waals surface area contributed by atoms with Crippen molar-refractivity contribution in [2.45, 2.75) is 112 Å². The van der Waals surface area contributed by atoms with Crippen LogP contribution in [0.1, 0.15) is 68.2 Å². The summed E-state index contributed by atoms with van der Waals surface area (Å²) in [5, 5.41) is 79.5. The van der Waals surface area contributed by atoms with Gasteiger partial charge in [0.1, 0.15) is 18.0 Å². The molecule has 7 aliphatic rings. The van der Waals surface area contributed by atoms with E-state index < -0.39 is 71.2 Å². The predicted octanol–water partition coefficient (Wildman–Crippen LogP) is 4.84. The van der Waals surface area contributed by atoms with Gasteiger partial charge < -0.3 is 55.2 Å². The molecule has 0 bridgehead atoms. The number of phenols is 1. The molecule has 3 heterocycles. The van der Waals surface area contributed by atoms with Gasteiger partial charge in [-0.15, -0.1) is 0 Å². The van der Waals surface area contributed by atoms with E-state index in [1.807, 2.05) is 55.6 Å². The third-order valence-corrected chi connectivity index (χ3v) is 17.5. The zero-order chi connectivity index (χ0) is 41.8. The fourth-order valence-electron chi connectivity index (χ4n) is 15.4. The second kappa shape index (κ2) is 13.2. The minimum absolute atomic E-state index is 0.111. The Morgan fingerprint density at radius 2 is 1.70 bits per heavy atom. The molecule has 5 aliphatic carbocycles. The average molecular weight is 831 g/mol. The molecule has 6 fully saturated rings. The number of rotatable bonds is 5. The maximum Gasteiger partial charge on any atom is 0.343 e. The van der Waals surface area contributed by atoms with Gasteiger partial charge in [-0.2, -0.15) is 0 Å². The quantitative estimate of drug-likeness (QED) is 0.0893. The number of aromatic amines is 1. The number of carbonyl (C=O) groups excluding carboxylic acids is 1. The van der Waals surface area contributed by atoms with Crippen LogP contribution in [0.5, 0.6) is 11.5 Å². The Balaban J connectivity index is 1.01. The van der Waals surface area contributed by atoms with E-state index >= 15 is 0 Å². The number of aromatic nitrogens is 1. The molecule has 61 heavy (non-hydrogen) atoms. The van der Waals surface area contributed by atoms with Gasteiger partial charge in [0.2, 0.25) is 5.79 Å². The number of H-pyrrole nitrogens is 1. The van der Waals surface area contributed by atoms with Crippen molar-refractivity contribution in [2.24, 2.45) is 35.0 Å². The second-order valence-corrected chi connectivity index (χ2v) is 19.6. The number of fused-ring (bicyclic) bond motifs is 8. The smallest absolute Gasteiger partial charge is 0.343 e. The molecule has 1 aromatic heterocycles. The van der Waals surface area contributed by atoms with E-state index in [1.54, 1.807) is 6.07 Å². The van der Waals surface area contributed by atoms with Crippen LogP contribution >= 0.6 is 0 Å². The normalized spacial score (nSPS) is 40.8. The van der Waals surface area contributed by atoms with Crippen molar-refractivity contribution >= 4 is 38.4 Å². The molecule has 0 amide bonds. The van der Waals surface area contributed by atoms with E-state index in [-0.39, 0.29) is 47.3 Å². The van der Waals surface area contributed by atoms with Crippen LogP contribution < -0.4 is 10.1 Å². The first-order valence-electron chi connectivity index (χ1n) is 22.4. The van der Waals surface area contributed by atoms with E-state index in [2.05, 4.69) is 22.4 Å². The number of phenolic OH excluding ortho intramolecular Hbond substituents is 1. The van der Waals surface area contributed by atoms with E-state index in [9.17, 15) is 35.4 Å². The van der Waals surface area contributed by atoms with Gasteiger partial charge in [0.25, 0.3) is 0 Å². The lowest BCUT2D eigenvalue weighted by Crippen LogP contribution is -2.78. The van der Waals surface area contributed by atoms with Gasteiger partial charge in [-0.1, -0.05) is 36.4 Å². The molecule has 12 rings (SSSR count). The number of benzene rings is 4. The highest BCUT2D eigenvalue weighted by atomic mass is 16.7. The molecular weight excluding hydrogens is 777 g/mol. The van der Waals surface area contributed by atoms with Crippen LogP contribution in [0.4, 0.5) is 0 Å². The first kappa shape index (κ1) is 38.6. The van der Waals surface area contributed by atoms with Crippen LogP contribution in [-0.2, 0) is 32.7 Å². The molecule has 0 unspecified atom stereocenters. The lowest BCUT2D eigenvalue weighted by Gasteiger charge is -2.67. The van der Waals surface area contributed by atoms with Crippen molar-refractivity contribution in [2.75, 3.05) is 13.6 Å². The lowest BCUT2D eigenvalue weighted by atomic mass is 9.42. The molecule has 0 radical (unpaired) electrons. The molecule has 2 aliphatic heterocycles. The molecule has 4 saturated carbocycles. The van der Waals surface area contributed by atoms with E-state index in [0.29, 0.717) is 36.7 Å². The van der Waals surface area contributed by atoms with Crippen molar-refractivity contribution in [3.05, 3.63) is 83.6 Å². The van der Waals surface area contributed by atoms with Crippen LogP contribution in [0, 0.1) is 35.0 Å². The Kier molecular flexibility index (Phi) is 8.35. The summed E-state index contributed by atoms with van der Waals surface area (Å²) in [4.78, 5) is 18.2.